The van der Waals surface area contributed by atoms with Crippen molar-refractivity contribution in [3.8, 4) is 0 Å². The van der Waals surface area contributed by atoms with Crippen LogP contribution in [-0.2, 0) is 0 Å². The lowest BCUT2D eigenvalue weighted by Crippen LogP contribution is -3.00. The van der Waals surface area contributed by atoms with E-state index in [1.54, 1.807) is 12.1 Å². The minimum absolute atomic E-state index is 0. The van der Waals surface area contributed by atoms with E-state index < -0.39 is 7.25 Å². The molecule has 0 heterocycles. The first-order valence-electron chi connectivity index (χ1n) is 4.68. The van der Waals surface area contributed by atoms with Gasteiger partial charge in [0.2, 0.25) is 5.39 Å². The summed E-state index contributed by atoms with van der Waals surface area (Å²) >= 11 is 0. The standard InChI is InChI=1S/C9H13N3.BF4.ClH/c1-12(2,3)9-6-4-8(11-10)5-7-9;2-1(3,4)5;/h4-7H,1-3H3;;1H/q+2;-1;/p-1. The van der Waals surface area contributed by atoms with Crippen molar-refractivity contribution in [3.05, 3.63) is 29.2 Å². The van der Waals surface area contributed by atoms with Gasteiger partial charge in [0, 0.05) is 24.3 Å². The zero-order chi connectivity index (χ0) is 13.7. The highest BCUT2D eigenvalue weighted by atomic mass is 35.5. The second kappa shape index (κ2) is 7.19. The molecule has 0 aromatic heterocycles. The van der Waals surface area contributed by atoms with Crippen molar-refractivity contribution in [2.24, 2.45) is 0 Å². The lowest BCUT2D eigenvalue weighted by atomic mass is 10.2. The molecule has 0 fully saturated rings. The van der Waals surface area contributed by atoms with E-state index in [4.69, 9.17) is 5.39 Å². The maximum atomic E-state index is 9.75. The lowest BCUT2D eigenvalue weighted by Gasteiger charge is -2.22. The first kappa shape index (κ1) is 19.0. The Hall–Kier alpha value is -1.33. The minimum atomic E-state index is -6.00. The van der Waals surface area contributed by atoms with Gasteiger partial charge in [-0.05, 0) is 0 Å². The highest BCUT2D eigenvalue weighted by Crippen LogP contribution is 2.20. The number of diazo groups is 1. The highest BCUT2D eigenvalue weighted by molar-refractivity contribution is 6.50. The van der Waals surface area contributed by atoms with Gasteiger partial charge in [-0.2, -0.15) is 0 Å². The molecule has 0 spiro atoms. The fraction of sp³-hybridized carbons (Fsp3) is 0.333. The molecule has 18 heavy (non-hydrogen) atoms. The Labute approximate surface area is 109 Å². The summed E-state index contributed by atoms with van der Waals surface area (Å²) in [6, 6.07) is 7.49. The molecule has 1 rings (SSSR count). The number of benzene rings is 1. The van der Waals surface area contributed by atoms with Crippen LogP contribution in [0.4, 0.5) is 28.6 Å². The molecule has 0 atom stereocenters. The summed E-state index contributed by atoms with van der Waals surface area (Å²) in [5, 5.41) is 8.45. The van der Waals surface area contributed by atoms with Gasteiger partial charge in [0.15, 0.2) is 4.98 Å². The number of hydrogen-bond donors (Lipinski definition) is 0. The third kappa shape index (κ3) is 9.87. The summed E-state index contributed by atoms with van der Waals surface area (Å²) in [5.74, 6) is 0. The molecule has 0 N–H and O–H groups in total. The van der Waals surface area contributed by atoms with E-state index in [0.29, 0.717) is 5.69 Å². The normalized spacial score (nSPS) is 10.6. The van der Waals surface area contributed by atoms with E-state index in [2.05, 4.69) is 26.1 Å². The largest absolute Gasteiger partial charge is 1.00 e. The Kier molecular flexibility index (Phi) is 7.59. The number of nitrogens with zero attached hydrogens (tertiary/aromatic N) is 3. The van der Waals surface area contributed by atoms with Crippen molar-refractivity contribution in [2.45, 2.75) is 0 Å². The Balaban J connectivity index is 0. The number of quaternary nitrogens is 1. The Morgan fingerprint density at radius 2 is 1.33 bits per heavy atom. The zero-order valence-electron chi connectivity index (χ0n) is 10.1. The molecule has 9 heteroatoms. The maximum absolute atomic E-state index is 9.75. The molecular formula is C9H13BClF4N3. The second-order valence-electron chi connectivity index (χ2n) is 4.12. The summed E-state index contributed by atoms with van der Waals surface area (Å²) < 4.78 is 39.8. The van der Waals surface area contributed by atoms with Crippen LogP contribution >= 0.6 is 0 Å². The zero-order valence-corrected chi connectivity index (χ0v) is 10.9. The third-order valence-corrected chi connectivity index (χ3v) is 1.74. The highest BCUT2D eigenvalue weighted by Gasteiger charge is 2.20. The predicted molar refractivity (Wildman–Crippen MR) is 60.9 cm³/mol. The average molecular weight is 285 g/mol. The van der Waals surface area contributed by atoms with E-state index in [0.717, 1.165) is 4.48 Å². The van der Waals surface area contributed by atoms with Crippen LogP contribution in [0.15, 0.2) is 24.3 Å². The predicted octanol–water partition coefficient (Wildman–Crippen LogP) is 0.672. The smallest absolute Gasteiger partial charge is 0.673 e. The van der Waals surface area contributed by atoms with Crippen LogP contribution in [0.3, 0.4) is 0 Å². The summed E-state index contributed by atoms with van der Waals surface area (Å²) in [7, 11) is 0.265. The van der Waals surface area contributed by atoms with Gasteiger partial charge >= 0.3 is 12.9 Å². The second-order valence-corrected chi connectivity index (χ2v) is 4.12. The van der Waals surface area contributed by atoms with Gasteiger partial charge in [-0.25, -0.2) is 0 Å². The third-order valence-electron chi connectivity index (χ3n) is 1.74. The van der Waals surface area contributed by atoms with Crippen molar-refractivity contribution >= 4 is 18.6 Å². The summed E-state index contributed by atoms with van der Waals surface area (Å²) in [6.45, 7) is 0. The first-order valence-corrected chi connectivity index (χ1v) is 4.68. The molecule has 0 radical (unpaired) electrons. The Morgan fingerprint density at radius 1 is 1.00 bits per heavy atom. The van der Waals surface area contributed by atoms with Gasteiger partial charge in [-0.1, -0.05) is 0 Å². The molecular weight excluding hydrogens is 272 g/mol. The minimum Gasteiger partial charge on any atom is -1.00 e. The quantitative estimate of drug-likeness (QED) is 0.323. The first-order chi connectivity index (χ1) is 7.54. The number of rotatable bonds is 1. The van der Waals surface area contributed by atoms with Gasteiger partial charge in [0.05, 0.1) is 21.1 Å². The van der Waals surface area contributed by atoms with Crippen molar-refractivity contribution in [2.75, 3.05) is 21.1 Å². The molecule has 3 nitrogen and oxygen atoms in total. The molecule has 1 aromatic carbocycles. The van der Waals surface area contributed by atoms with E-state index in [-0.39, 0.29) is 12.4 Å². The van der Waals surface area contributed by atoms with Gasteiger partial charge in [-0.15, -0.1) is 0 Å². The van der Waals surface area contributed by atoms with E-state index in [9.17, 15) is 17.3 Å². The molecule has 0 amide bonds. The topological polar surface area (TPSA) is 28.1 Å². The van der Waals surface area contributed by atoms with Gasteiger partial charge in [0.25, 0.3) is 0 Å². The summed E-state index contributed by atoms with van der Waals surface area (Å²) in [4.78, 5) is 3.09. The van der Waals surface area contributed by atoms with Gasteiger partial charge in [-0.3, -0.25) is 4.48 Å². The number of halogens is 5. The average Bonchev–Trinajstić information content (AvgIpc) is 2.14. The van der Waals surface area contributed by atoms with Crippen LogP contribution in [0.25, 0.3) is 4.98 Å². The van der Waals surface area contributed by atoms with Crippen LogP contribution in [0.1, 0.15) is 0 Å². The van der Waals surface area contributed by atoms with E-state index in [1.165, 1.54) is 5.69 Å². The van der Waals surface area contributed by atoms with Gasteiger partial charge in [0.1, 0.15) is 5.69 Å². The van der Waals surface area contributed by atoms with Crippen molar-refractivity contribution in [1.82, 2.24) is 4.48 Å². The Bertz CT molecular complexity index is 388. The van der Waals surface area contributed by atoms with Crippen LogP contribution in [0, 0.1) is 5.39 Å². The Morgan fingerprint density at radius 3 is 1.56 bits per heavy atom. The molecule has 0 unspecified atom stereocenters. The monoisotopic (exact) mass is 285 g/mol. The molecule has 0 aliphatic carbocycles. The van der Waals surface area contributed by atoms with Crippen LogP contribution < -0.4 is 16.9 Å². The van der Waals surface area contributed by atoms with Gasteiger partial charge < -0.3 is 29.7 Å². The molecule has 0 bridgehead atoms. The fourth-order valence-electron chi connectivity index (χ4n) is 0.967. The number of hydrogen-bond acceptors (Lipinski definition) is 1. The summed E-state index contributed by atoms with van der Waals surface area (Å²) in [5.41, 5.74) is 1.77. The molecule has 1 aromatic rings. The molecule has 0 aliphatic heterocycles. The van der Waals surface area contributed by atoms with E-state index in [1.807, 2.05) is 12.1 Å². The van der Waals surface area contributed by atoms with E-state index >= 15 is 0 Å². The molecule has 0 aliphatic rings. The molecule has 0 saturated carbocycles. The summed E-state index contributed by atoms with van der Waals surface area (Å²) in [6.07, 6.45) is 0. The SMILES string of the molecule is C[N+](C)(C)c1ccc([N+]#N)cc1.F[B-](F)(F)F.[Cl-]. The van der Waals surface area contributed by atoms with Crippen LogP contribution in [0.2, 0.25) is 0 Å². The van der Waals surface area contributed by atoms with Crippen molar-refractivity contribution in [1.29, 1.82) is 5.39 Å². The molecule has 102 valence electrons. The van der Waals surface area contributed by atoms with Crippen molar-refractivity contribution < 1.29 is 29.7 Å². The fourth-order valence-corrected chi connectivity index (χ4v) is 0.967. The van der Waals surface area contributed by atoms with Crippen LogP contribution in [0.5, 0.6) is 0 Å². The maximum Gasteiger partial charge on any atom is 0.673 e. The molecule has 0 saturated heterocycles. The van der Waals surface area contributed by atoms with Crippen LogP contribution in [-0.4, -0.2) is 28.4 Å². The lowest BCUT2D eigenvalue weighted by molar-refractivity contribution is -0.00000969. The van der Waals surface area contributed by atoms with Crippen molar-refractivity contribution in [3.63, 3.8) is 0 Å².